The SMILES string of the molecule is CCCOc1ccc(C(N)CCOCC)cc1. The molecule has 0 aliphatic carbocycles. The van der Waals surface area contributed by atoms with Crippen molar-refractivity contribution in [3.05, 3.63) is 29.8 Å². The van der Waals surface area contributed by atoms with Crippen LogP contribution >= 0.6 is 0 Å². The average molecular weight is 237 g/mol. The van der Waals surface area contributed by atoms with E-state index in [2.05, 4.69) is 6.92 Å². The Labute approximate surface area is 104 Å². The molecule has 3 heteroatoms. The maximum absolute atomic E-state index is 6.07. The minimum atomic E-state index is 0.0433. The largest absolute Gasteiger partial charge is 0.494 e. The fourth-order valence-electron chi connectivity index (χ4n) is 1.55. The highest BCUT2D eigenvalue weighted by Crippen LogP contribution is 2.18. The van der Waals surface area contributed by atoms with E-state index in [4.69, 9.17) is 15.2 Å². The van der Waals surface area contributed by atoms with Gasteiger partial charge in [-0.15, -0.1) is 0 Å². The number of benzene rings is 1. The Morgan fingerprint density at radius 2 is 1.82 bits per heavy atom. The van der Waals surface area contributed by atoms with Gasteiger partial charge in [-0.3, -0.25) is 0 Å². The van der Waals surface area contributed by atoms with Gasteiger partial charge < -0.3 is 15.2 Å². The first kappa shape index (κ1) is 14.0. The number of hydrogen-bond donors (Lipinski definition) is 1. The second-order valence-electron chi connectivity index (χ2n) is 4.01. The van der Waals surface area contributed by atoms with Crippen molar-refractivity contribution in [1.82, 2.24) is 0 Å². The summed E-state index contributed by atoms with van der Waals surface area (Å²) in [6.45, 7) is 6.31. The number of hydrogen-bond acceptors (Lipinski definition) is 3. The summed E-state index contributed by atoms with van der Waals surface area (Å²) in [5, 5.41) is 0. The van der Waals surface area contributed by atoms with Crippen LogP contribution in [0, 0.1) is 0 Å². The van der Waals surface area contributed by atoms with Crippen molar-refractivity contribution in [3.8, 4) is 5.75 Å². The fraction of sp³-hybridized carbons (Fsp3) is 0.571. The van der Waals surface area contributed by atoms with E-state index in [9.17, 15) is 0 Å². The predicted octanol–water partition coefficient (Wildman–Crippen LogP) is 2.90. The van der Waals surface area contributed by atoms with Crippen molar-refractivity contribution in [3.63, 3.8) is 0 Å². The van der Waals surface area contributed by atoms with Crippen LogP contribution in [0.15, 0.2) is 24.3 Å². The molecule has 0 aromatic heterocycles. The summed E-state index contributed by atoms with van der Waals surface area (Å²) >= 11 is 0. The van der Waals surface area contributed by atoms with Crippen LogP contribution in [0.3, 0.4) is 0 Å². The zero-order valence-corrected chi connectivity index (χ0v) is 10.8. The van der Waals surface area contributed by atoms with E-state index in [-0.39, 0.29) is 6.04 Å². The van der Waals surface area contributed by atoms with E-state index in [0.717, 1.165) is 37.4 Å². The second-order valence-corrected chi connectivity index (χ2v) is 4.01. The van der Waals surface area contributed by atoms with Gasteiger partial charge in [0.1, 0.15) is 5.75 Å². The molecule has 0 bridgehead atoms. The van der Waals surface area contributed by atoms with Gasteiger partial charge in [-0.1, -0.05) is 19.1 Å². The Morgan fingerprint density at radius 1 is 1.12 bits per heavy atom. The molecule has 1 aromatic carbocycles. The van der Waals surface area contributed by atoms with E-state index < -0.39 is 0 Å². The van der Waals surface area contributed by atoms with Crippen LogP contribution in [0.4, 0.5) is 0 Å². The van der Waals surface area contributed by atoms with Gasteiger partial charge in [0.15, 0.2) is 0 Å². The molecule has 2 N–H and O–H groups in total. The molecule has 1 atom stereocenters. The molecule has 0 fully saturated rings. The van der Waals surface area contributed by atoms with Crippen molar-refractivity contribution in [2.75, 3.05) is 19.8 Å². The molecule has 0 saturated heterocycles. The molecule has 1 aromatic rings. The highest BCUT2D eigenvalue weighted by atomic mass is 16.5. The Morgan fingerprint density at radius 3 is 2.41 bits per heavy atom. The molecule has 1 rings (SSSR count). The minimum absolute atomic E-state index is 0.0433. The van der Waals surface area contributed by atoms with Gasteiger partial charge in [0, 0.05) is 19.3 Å². The molecule has 0 saturated carbocycles. The molecule has 0 aliphatic rings. The lowest BCUT2D eigenvalue weighted by Gasteiger charge is -2.12. The van der Waals surface area contributed by atoms with Crippen molar-refractivity contribution < 1.29 is 9.47 Å². The lowest BCUT2D eigenvalue weighted by Crippen LogP contribution is -2.13. The molecule has 17 heavy (non-hydrogen) atoms. The Balaban J connectivity index is 2.43. The van der Waals surface area contributed by atoms with Crippen LogP contribution in [0.1, 0.15) is 38.3 Å². The lowest BCUT2D eigenvalue weighted by atomic mass is 10.1. The molecule has 0 amide bonds. The highest BCUT2D eigenvalue weighted by Gasteiger charge is 2.05. The van der Waals surface area contributed by atoms with Crippen molar-refractivity contribution in [2.24, 2.45) is 5.73 Å². The van der Waals surface area contributed by atoms with Crippen LogP contribution in [0.25, 0.3) is 0 Å². The fourth-order valence-corrected chi connectivity index (χ4v) is 1.55. The van der Waals surface area contributed by atoms with Gasteiger partial charge in [0.25, 0.3) is 0 Å². The van der Waals surface area contributed by atoms with Crippen LogP contribution in [0.5, 0.6) is 5.75 Å². The maximum atomic E-state index is 6.07. The topological polar surface area (TPSA) is 44.5 Å². The van der Waals surface area contributed by atoms with Crippen LogP contribution in [0.2, 0.25) is 0 Å². The van der Waals surface area contributed by atoms with Gasteiger partial charge >= 0.3 is 0 Å². The van der Waals surface area contributed by atoms with E-state index >= 15 is 0 Å². The number of rotatable bonds is 8. The first-order valence-electron chi connectivity index (χ1n) is 6.34. The first-order chi connectivity index (χ1) is 8.27. The van der Waals surface area contributed by atoms with Crippen LogP contribution in [-0.2, 0) is 4.74 Å². The molecular formula is C14H23NO2. The minimum Gasteiger partial charge on any atom is -0.494 e. The summed E-state index contributed by atoms with van der Waals surface area (Å²) in [5.41, 5.74) is 7.20. The van der Waals surface area contributed by atoms with Gasteiger partial charge in [0.2, 0.25) is 0 Å². The Kier molecular flexibility index (Phi) is 6.67. The summed E-state index contributed by atoms with van der Waals surface area (Å²) in [6, 6.07) is 8.06. The predicted molar refractivity (Wildman–Crippen MR) is 70.3 cm³/mol. The first-order valence-corrected chi connectivity index (χ1v) is 6.34. The molecule has 0 radical (unpaired) electrons. The van der Waals surface area contributed by atoms with Crippen molar-refractivity contribution in [2.45, 2.75) is 32.7 Å². The third-order valence-corrected chi connectivity index (χ3v) is 2.56. The second kappa shape index (κ2) is 8.09. The zero-order chi connectivity index (χ0) is 12.5. The Bertz CT molecular complexity index is 298. The summed E-state index contributed by atoms with van der Waals surface area (Å²) in [6.07, 6.45) is 1.87. The number of ether oxygens (including phenoxy) is 2. The van der Waals surface area contributed by atoms with Crippen LogP contribution < -0.4 is 10.5 Å². The summed E-state index contributed by atoms with van der Waals surface area (Å²) < 4.78 is 10.8. The third kappa shape index (κ3) is 5.20. The standard InChI is InChI=1S/C14H23NO2/c1-3-10-17-13-7-5-12(6-8-13)14(15)9-11-16-4-2/h5-8,14H,3-4,9-11,15H2,1-2H3. The van der Waals surface area contributed by atoms with Crippen molar-refractivity contribution >= 4 is 0 Å². The normalized spacial score (nSPS) is 12.4. The Hall–Kier alpha value is -1.06. The monoisotopic (exact) mass is 237 g/mol. The van der Waals surface area contributed by atoms with E-state index in [1.165, 1.54) is 0 Å². The summed E-state index contributed by atoms with van der Waals surface area (Å²) in [7, 11) is 0. The van der Waals surface area contributed by atoms with E-state index in [1.807, 2.05) is 31.2 Å². The van der Waals surface area contributed by atoms with Crippen molar-refractivity contribution in [1.29, 1.82) is 0 Å². The molecule has 0 spiro atoms. The third-order valence-electron chi connectivity index (χ3n) is 2.56. The van der Waals surface area contributed by atoms with Gasteiger partial charge in [0.05, 0.1) is 6.61 Å². The summed E-state index contributed by atoms with van der Waals surface area (Å²) in [4.78, 5) is 0. The lowest BCUT2D eigenvalue weighted by molar-refractivity contribution is 0.140. The van der Waals surface area contributed by atoms with Gasteiger partial charge in [-0.2, -0.15) is 0 Å². The molecule has 96 valence electrons. The maximum Gasteiger partial charge on any atom is 0.119 e. The molecular weight excluding hydrogens is 214 g/mol. The average Bonchev–Trinajstić information content (AvgIpc) is 2.37. The number of nitrogens with two attached hydrogens (primary N) is 1. The van der Waals surface area contributed by atoms with Gasteiger partial charge in [-0.25, -0.2) is 0 Å². The molecule has 3 nitrogen and oxygen atoms in total. The quantitative estimate of drug-likeness (QED) is 0.707. The van der Waals surface area contributed by atoms with E-state index in [1.54, 1.807) is 0 Å². The summed E-state index contributed by atoms with van der Waals surface area (Å²) in [5.74, 6) is 0.910. The highest BCUT2D eigenvalue weighted by molar-refractivity contribution is 5.29. The smallest absolute Gasteiger partial charge is 0.119 e. The molecule has 1 unspecified atom stereocenters. The molecule has 0 heterocycles. The van der Waals surface area contributed by atoms with E-state index in [0.29, 0.717) is 6.61 Å². The van der Waals surface area contributed by atoms with Crippen LogP contribution in [-0.4, -0.2) is 19.8 Å². The zero-order valence-electron chi connectivity index (χ0n) is 10.8. The molecule has 0 aliphatic heterocycles. The van der Waals surface area contributed by atoms with Gasteiger partial charge in [-0.05, 0) is 37.5 Å².